The minimum Gasteiger partial charge on any atom is -0.487 e. The molecule has 0 saturated heterocycles. The van der Waals surface area contributed by atoms with Crippen molar-refractivity contribution in [2.45, 2.75) is 25.7 Å². The topological polar surface area (TPSA) is 89.8 Å². The summed E-state index contributed by atoms with van der Waals surface area (Å²) in [7, 11) is 0. The third kappa shape index (κ3) is 4.26. The first-order chi connectivity index (χ1) is 17.5. The van der Waals surface area contributed by atoms with Gasteiger partial charge in [-0.15, -0.1) is 0 Å². The fourth-order valence-electron chi connectivity index (χ4n) is 4.68. The molecule has 0 saturated carbocycles. The SMILES string of the molecule is Cc1ncn(-c2ccc3cc2OC/C=C\CNc2nc(nc4c2CC[C@H]4c2ccc(Cl)cc2F)N3)n1. The number of nitrogens with zero attached hydrogens (tertiary/aromatic N) is 5. The van der Waals surface area contributed by atoms with Gasteiger partial charge in [-0.25, -0.2) is 19.0 Å². The van der Waals surface area contributed by atoms with Gasteiger partial charge in [-0.2, -0.15) is 10.1 Å². The average molecular weight is 504 g/mol. The van der Waals surface area contributed by atoms with E-state index in [1.807, 2.05) is 37.3 Å². The normalized spacial score (nSPS) is 17.5. The van der Waals surface area contributed by atoms with Crippen LogP contribution in [0.2, 0.25) is 5.02 Å². The molecular formula is C26H23ClFN7O. The van der Waals surface area contributed by atoms with Gasteiger partial charge in [0.1, 0.15) is 41.8 Å². The van der Waals surface area contributed by atoms with Crippen LogP contribution in [0, 0.1) is 12.7 Å². The van der Waals surface area contributed by atoms with E-state index in [1.165, 1.54) is 6.07 Å². The van der Waals surface area contributed by atoms with Crippen LogP contribution in [0.15, 0.2) is 54.9 Å². The lowest BCUT2D eigenvalue weighted by atomic mass is 9.96. The first-order valence-electron chi connectivity index (χ1n) is 11.7. The van der Waals surface area contributed by atoms with Gasteiger partial charge in [0.05, 0.1) is 5.69 Å². The van der Waals surface area contributed by atoms with E-state index in [0.717, 1.165) is 41.3 Å². The van der Waals surface area contributed by atoms with Gasteiger partial charge in [0, 0.05) is 34.8 Å². The summed E-state index contributed by atoms with van der Waals surface area (Å²) in [4.78, 5) is 13.8. The molecule has 36 heavy (non-hydrogen) atoms. The Morgan fingerprint density at radius 1 is 1.14 bits per heavy atom. The molecule has 0 radical (unpaired) electrons. The lowest BCUT2D eigenvalue weighted by molar-refractivity contribution is 0.360. The van der Waals surface area contributed by atoms with Crippen molar-refractivity contribution in [2.24, 2.45) is 0 Å². The first kappa shape index (κ1) is 22.5. The molecule has 182 valence electrons. The molecule has 0 unspecified atom stereocenters. The lowest BCUT2D eigenvalue weighted by Gasteiger charge is -2.16. The number of benzene rings is 2. The van der Waals surface area contributed by atoms with Crippen LogP contribution in [0.25, 0.3) is 5.69 Å². The summed E-state index contributed by atoms with van der Waals surface area (Å²) in [5.41, 5.74) is 3.95. The summed E-state index contributed by atoms with van der Waals surface area (Å²) in [5, 5.41) is 11.5. The zero-order chi connectivity index (χ0) is 24.6. The zero-order valence-electron chi connectivity index (χ0n) is 19.5. The van der Waals surface area contributed by atoms with Gasteiger partial charge in [-0.05, 0) is 55.7 Å². The van der Waals surface area contributed by atoms with Crippen LogP contribution >= 0.6 is 11.6 Å². The number of ether oxygens (including phenoxy) is 1. The van der Waals surface area contributed by atoms with Crippen LogP contribution in [0.3, 0.4) is 0 Å². The highest BCUT2D eigenvalue weighted by Crippen LogP contribution is 2.42. The van der Waals surface area contributed by atoms with Crippen LogP contribution in [-0.4, -0.2) is 37.9 Å². The van der Waals surface area contributed by atoms with Crippen molar-refractivity contribution in [2.75, 3.05) is 23.8 Å². The molecular weight excluding hydrogens is 481 g/mol. The number of rotatable bonds is 2. The largest absolute Gasteiger partial charge is 0.487 e. The molecule has 4 aromatic rings. The number of hydrogen-bond acceptors (Lipinski definition) is 7. The Hall–Kier alpha value is -3.98. The number of aryl methyl sites for hydroxylation is 1. The second kappa shape index (κ2) is 9.23. The number of nitrogens with one attached hydrogen (secondary N) is 2. The Morgan fingerprint density at radius 3 is 2.89 bits per heavy atom. The van der Waals surface area contributed by atoms with Crippen LogP contribution in [0.4, 0.5) is 21.8 Å². The number of aromatic nitrogens is 5. The average Bonchev–Trinajstić information content (AvgIpc) is 3.47. The highest BCUT2D eigenvalue weighted by atomic mass is 35.5. The van der Waals surface area contributed by atoms with E-state index in [9.17, 15) is 4.39 Å². The predicted octanol–water partition coefficient (Wildman–Crippen LogP) is 5.34. The number of hydrogen-bond donors (Lipinski definition) is 2. The lowest BCUT2D eigenvalue weighted by Crippen LogP contribution is -2.10. The summed E-state index contributed by atoms with van der Waals surface area (Å²) in [6.45, 7) is 2.80. The van der Waals surface area contributed by atoms with E-state index in [0.29, 0.717) is 41.3 Å². The van der Waals surface area contributed by atoms with E-state index in [-0.39, 0.29) is 11.7 Å². The van der Waals surface area contributed by atoms with Crippen molar-refractivity contribution in [3.05, 3.63) is 88.4 Å². The Morgan fingerprint density at radius 2 is 2.06 bits per heavy atom. The van der Waals surface area contributed by atoms with E-state index in [1.54, 1.807) is 23.1 Å². The summed E-state index contributed by atoms with van der Waals surface area (Å²) in [6.07, 6.45) is 7.11. The molecule has 0 spiro atoms. The molecule has 6 rings (SSSR count). The number of fused-ring (bicyclic) bond motifs is 6. The summed E-state index contributed by atoms with van der Waals surface area (Å²) in [6, 6.07) is 10.5. The molecule has 10 heteroatoms. The maximum atomic E-state index is 14.8. The standard InChI is InChI=1S/C26H23ClFN7O/c1-15-30-14-35(34-15)22-9-5-17-13-23(22)36-11-3-2-10-29-25-20-8-7-19(24(20)32-26(31-17)33-25)18-6-4-16(27)12-21(18)28/h2-6,9,12-14,19H,7-8,10-11H2,1H3,(H2,29,31,32,33)/b3-2-/t19-/m0/s1. The first-order valence-corrected chi connectivity index (χ1v) is 12.1. The van der Waals surface area contributed by atoms with Gasteiger partial charge in [-0.1, -0.05) is 23.7 Å². The minimum absolute atomic E-state index is 0.176. The molecule has 0 fully saturated rings. The molecule has 2 N–H and O–H groups in total. The summed E-state index contributed by atoms with van der Waals surface area (Å²) in [5.74, 6) is 1.99. The van der Waals surface area contributed by atoms with Gasteiger partial charge in [0.15, 0.2) is 0 Å². The minimum atomic E-state index is -0.322. The number of halogens is 2. The maximum Gasteiger partial charge on any atom is 0.229 e. The van der Waals surface area contributed by atoms with Crippen LogP contribution in [0.5, 0.6) is 5.75 Å². The Bertz CT molecular complexity index is 1490. The van der Waals surface area contributed by atoms with E-state index in [2.05, 4.69) is 20.7 Å². The molecule has 1 aliphatic heterocycles. The van der Waals surface area contributed by atoms with E-state index < -0.39 is 0 Å². The van der Waals surface area contributed by atoms with Crippen molar-refractivity contribution < 1.29 is 9.13 Å². The second-order valence-electron chi connectivity index (χ2n) is 8.72. The van der Waals surface area contributed by atoms with Crippen molar-refractivity contribution in [1.82, 2.24) is 24.7 Å². The van der Waals surface area contributed by atoms with Crippen molar-refractivity contribution in [3.63, 3.8) is 0 Å². The fourth-order valence-corrected chi connectivity index (χ4v) is 4.84. The van der Waals surface area contributed by atoms with Gasteiger partial charge >= 0.3 is 0 Å². The van der Waals surface area contributed by atoms with Crippen LogP contribution in [0.1, 0.15) is 35.0 Å². The van der Waals surface area contributed by atoms with E-state index >= 15 is 0 Å². The summed E-state index contributed by atoms with van der Waals surface area (Å²) >= 11 is 5.99. The van der Waals surface area contributed by atoms with Crippen molar-refractivity contribution in [1.29, 1.82) is 0 Å². The highest BCUT2D eigenvalue weighted by molar-refractivity contribution is 6.30. The molecule has 3 heterocycles. The Balaban J connectivity index is 1.41. The summed E-state index contributed by atoms with van der Waals surface area (Å²) < 4.78 is 22.6. The molecule has 1 aliphatic carbocycles. The molecule has 4 bridgehead atoms. The Kier molecular flexibility index (Phi) is 5.77. The third-order valence-electron chi connectivity index (χ3n) is 6.35. The third-order valence-corrected chi connectivity index (χ3v) is 6.58. The quantitative estimate of drug-likeness (QED) is 0.357. The van der Waals surface area contributed by atoms with Gasteiger partial charge in [0.25, 0.3) is 0 Å². The molecule has 2 aromatic carbocycles. The van der Waals surface area contributed by atoms with Crippen LogP contribution < -0.4 is 15.4 Å². The number of anilines is 3. The van der Waals surface area contributed by atoms with Gasteiger partial charge < -0.3 is 15.4 Å². The molecule has 2 aromatic heterocycles. The molecule has 0 amide bonds. The maximum absolute atomic E-state index is 14.8. The molecule has 2 aliphatic rings. The van der Waals surface area contributed by atoms with E-state index in [4.69, 9.17) is 26.3 Å². The highest BCUT2D eigenvalue weighted by Gasteiger charge is 2.31. The fraction of sp³-hybridized carbons (Fsp3) is 0.231. The van der Waals surface area contributed by atoms with Crippen molar-refractivity contribution in [3.8, 4) is 11.4 Å². The van der Waals surface area contributed by atoms with Crippen molar-refractivity contribution >= 4 is 29.1 Å². The molecule has 1 atom stereocenters. The monoisotopic (exact) mass is 503 g/mol. The Labute approximate surface area is 212 Å². The van der Waals surface area contributed by atoms with Gasteiger partial charge in [0.2, 0.25) is 5.95 Å². The zero-order valence-corrected chi connectivity index (χ0v) is 20.3. The molecule has 8 nitrogen and oxygen atoms in total. The predicted molar refractivity (Wildman–Crippen MR) is 136 cm³/mol. The second-order valence-corrected chi connectivity index (χ2v) is 9.16. The van der Waals surface area contributed by atoms with Crippen LogP contribution in [-0.2, 0) is 6.42 Å². The smallest absolute Gasteiger partial charge is 0.229 e. The van der Waals surface area contributed by atoms with Gasteiger partial charge in [-0.3, -0.25) is 0 Å².